The number of carbonyl (C=O) groups is 2. The molecule has 50 heavy (non-hydrogen) atoms. The average Bonchev–Trinajstić information content (AvgIpc) is 2.98. The smallest absolute Gasteiger partial charge is 0.411 e. The van der Waals surface area contributed by atoms with Crippen molar-refractivity contribution in [2.45, 2.75) is 64.8 Å². The van der Waals surface area contributed by atoms with E-state index in [1.54, 1.807) is 65.8 Å². The highest BCUT2D eigenvalue weighted by atomic mass is 19.4. The number of amides is 1. The van der Waals surface area contributed by atoms with Gasteiger partial charge in [0.15, 0.2) is 5.78 Å². The maximum atomic E-state index is 14.9. The number of carbonyl (C=O) groups excluding carboxylic acids is 2. The number of hydrogen-bond donors (Lipinski definition) is 4. The highest BCUT2D eigenvalue weighted by Crippen LogP contribution is 2.57. The summed E-state index contributed by atoms with van der Waals surface area (Å²) in [4.78, 5) is 25.6. The van der Waals surface area contributed by atoms with Gasteiger partial charge in [0.25, 0.3) is 5.91 Å². The lowest BCUT2D eigenvalue weighted by atomic mass is 9.72. The van der Waals surface area contributed by atoms with Gasteiger partial charge in [-0.3, -0.25) is 9.59 Å². The van der Waals surface area contributed by atoms with Gasteiger partial charge in [-0.1, -0.05) is 32.9 Å². The van der Waals surface area contributed by atoms with Gasteiger partial charge in [0.2, 0.25) is 5.41 Å². The van der Waals surface area contributed by atoms with Crippen LogP contribution >= 0.6 is 0 Å². The molecule has 4 aromatic carbocycles. The van der Waals surface area contributed by atoms with Gasteiger partial charge in [-0.05, 0) is 105 Å². The molecular formula is C37H36F6N2O5. The Balaban J connectivity index is 1.65. The number of alkyl halides is 6. The molecule has 4 N–H and O–H groups in total. The zero-order chi connectivity index (χ0) is 37.4. The number of ketones is 1. The van der Waals surface area contributed by atoms with Crippen LogP contribution in [0.15, 0.2) is 84.9 Å². The molecule has 0 aromatic heterocycles. The van der Waals surface area contributed by atoms with E-state index in [4.69, 9.17) is 4.74 Å². The van der Waals surface area contributed by atoms with Crippen molar-refractivity contribution in [3.63, 3.8) is 0 Å². The second-order valence-corrected chi connectivity index (χ2v) is 13.8. The Morgan fingerprint density at radius 3 is 1.44 bits per heavy atom. The van der Waals surface area contributed by atoms with Crippen LogP contribution in [-0.4, -0.2) is 39.8 Å². The van der Waals surface area contributed by atoms with Crippen molar-refractivity contribution in [1.82, 2.24) is 0 Å². The number of Topliss-reactive ketones (excluding diaryl/α,β-unsaturated/α-hetero) is 1. The van der Waals surface area contributed by atoms with Crippen molar-refractivity contribution >= 4 is 23.1 Å². The number of anilines is 2. The molecular weight excluding hydrogens is 666 g/mol. The van der Waals surface area contributed by atoms with Gasteiger partial charge in [0.05, 0.1) is 11.4 Å². The second kappa shape index (κ2) is 13.3. The normalized spacial score (nSPS) is 12.7. The molecule has 0 heterocycles. The van der Waals surface area contributed by atoms with Gasteiger partial charge >= 0.3 is 12.4 Å². The summed E-state index contributed by atoms with van der Waals surface area (Å²) in [5, 5.41) is 25.6. The minimum Gasteiger partial charge on any atom is -0.506 e. The van der Waals surface area contributed by atoms with Crippen molar-refractivity contribution in [1.29, 1.82) is 0 Å². The Kier molecular flexibility index (Phi) is 9.97. The summed E-state index contributed by atoms with van der Waals surface area (Å²) < 4.78 is 95.1. The van der Waals surface area contributed by atoms with Crippen LogP contribution in [-0.2, 0) is 5.41 Å². The Labute approximate surface area is 284 Å². The number of halogens is 6. The molecule has 266 valence electrons. The third-order valence-electron chi connectivity index (χ3n) is 7.62. The first-order chi connectivity index (χ1) is 22.9. The number of aromatic hydroxyl groups is 2. The van der Waals surface area contributed by atoms with Gasteiger partial charge in [0.1, 0.15) is 23.0 Å². The molecule has 0 saturated heterocycles. The molecule has 13 heteroatoms. The maximum Gasteiger partial charge on any atom is 0.411 e. The van der Waals surface area contributed by atoms with Gasteiger partial charge in [0, 0.05) is 22.1 Å². The Morgan fingerprint density at radius 1 is 0.600 bits per heavy atom. The Hall–Kier alpha value is -5.20. The highest BCUT2D eigenvalue weighted by molar-refractivity contribution is 6.05. The number of ether oxygens (including phenoxy) is 1. The molecule has 0 aliphatic rings. The van der Waals surface area contributed by atoms with E-state index in [0.29, 0.717) is 41.6 Å². The fourth-order valence-corrected chi connectivity index (χ4v) is 5.24. The van der Waals surface area contributed by atoms with Crippen LogP contribution in [0.25, 0.3) is 0 Å². The lowest BCUT2D eigenvalue weighted by Crippen LogP contribution is -2.54. The largest absolute Gasteiger partial charge is 0.506 e. The average molecular weight is 703 g/mol. The van der Waals surface area contributed by atoms with E-state index in [-0.39, 0.29) is 22.8 Å². The number of phenols is 2. The van der Waals surface area contributed by atoms with E-state index in [0.717, 1.165) is 6.07 Å². The van der Waals surface area contributed by atoms with Crippen molar-refractivity contribution in [2.75, 3.05) is 10.6 Å². The van der Waals surface area contributed by atoms with Crippen LogP contribution in [0.5, 0.6) is 23.0 Å². The molecule has 4 rings (SSSR count). The molecule has 0 saturated carbocycles. The number of rotatable bonds is 8. The van der Waals surface area contributed by atoms with Gasteiger partial charge in [-0.15, -0.1) is 0 Å². The molecule has 0 radical (unpaired) electrons. The lowest BCUT2D eigenvalue weighted by Gasteiger charge is -2.39. The SMILES string of the molecule is CC(C)(C)Nc1cc(C(c2ccc(O)c(NC(=O)c3ccc(Oc4ccc(C(=O)C(C)(C)C)cc4)cc3)c2)(C(F)(F)F)C(F)(F)F)ccc1O. The third-order valence-corrected chi connectivity index (χ3v) is 7.62. The van der Waals surface area contributed by atoms with E-state index in [2.05, 4.69) is 10.6 Å². The summed E-state index contributed by atoms with van der Waals surface area (Å²) in [5.74, 6) is -1.67. The third kappa shape index (κ3) is 7.82. The summed E-state index contributed by atoms with van der Waals surface area (Å²) >= 11 is 0. The zero-order valence-electron chi connectivity index (χ0n) is 28.0. The lowest BCUT2D eigenvalue weighted by molar-refractivity contribution is -0.288. The second-order valence-electron chi connectivity index (χ2n) is 13.8. The fourth-order valence-electron chi connectivity index (χ4n) is 5.24. The zero-order valence-corrected chi connectivity index (χ0v) is 28.0. The summed E-state index contributed by atoms with van der Waals surface area (Å²) in [6, 6.07) is 15.2. The highest BCUT2D eigenvalue weighted by Gasteiger charge is 2.72. The van der Waals surface area contributed by atoms with Gasteiger partial charge in [-0.25, -0.2) is 0 Å². The Bertz CT molecular complexity index is 1860. The molecule has 0 unspecified atom stereocenters. The van der Waals surface area contributed by atoms with Crippen molar-refractivity contribution < 1.29 is 50.9 Å². The van der Waals surface area contributed by atoms with Crippen molar-refractivity contribution in [3.8, 4) is 23.0 Å². The molecule has 1 amide bonds. The van der Waals surface area contributed by atoms with Crippen molar-refractivity contribution in [2.24, 2.45) is 5.41 Å². The molecule has 4 aromatic rings. The first kappa shape index (κ1) is 37.6. The molecule has 0 bridgehead atoms. The summed E-state index contributed by atoms with van der Waals surface area (Å²) in [5.41, 5.74) is -9.26. The minimum atomic E-state index is -5.97. The van der Waals surface area contributed by atoms with Gasteiger partial charge < -0.3 is 25.6 Å². The van der Waals surface area contributed by atoms with E-state index in [1.165, 1.54) is 24.3 Å². The first-order valence-electron chi connectivity index (χ1n) is 15.3. The van der Waals surface area contributed by atoms with Crippen LogP contribution in [0, 0.1) is 5.41 Å². The van der Waals surface area contributed by atoms with E-state index < -0.39 is 62.9 Å². The summed E-state index contributed by atoms with van der Waals surface area (Å²) in [7, 11) is 0. The quantitative estimate of drug-likeness (QED) is 0.0827. The summed E-state index contributed by atoms with van der Waals surface area (Å²) in [6.07, 6.45) is -11.9. The molecule has 0 aliphatic heterocycles. The molecule has 0 spiro atoms. The van der Waals surface area contributed by atoms with E-state index in [1.807, 2.05) is 0 Å². The molecule has 0 fully saturated rings. The fraction of sp³-hybridized carbons (Fsp3) is 0.297. The monoisotopic (exact) mass is 702 g/mol. The van der Waals surface area contributed by atoms with Crippen LogP contribution < -0.4 is 15.4 Å². The predicted molar refractivity (Wildman–Crippen MR) is 177 cm³/mol. The number of hydrogen-bond acceptors (Lipinski definition) is 6. The standard InChI is InChI=1S/C37H36F6N2O5/c1-33(2,3)31(48)21-7-13-25(14-8-21)50-26-15-9-22(10-16-26)32(49)44-27-19-23(11-17-29(27)46)35(36(38,39)40,37(41,42)43)24-12-18-30(47)28(20-24)45-34(4,5)6/h7-20,45-47H,1-6H3,(H,44,49). The predicted octanol–water partition coefficient (Wildman–Crippen LogP) is 9.99. The van der Waals surface area contributed by atoms with Crippen LogP contribution in [0.1, 0.15) is 73.4 Å². The topological polar surface area (TPSA) is 108 Å². The first-order valence-corrected chi connectivity index (χ1v) is 15.3. The van der Waals surface area contributed by atoms with E-state index >= 15 is 0 Å². The number of phenolic OH excluding ortho intramolecular Hbond substituents is 2. The van der Waals surface area contributed by atoms with Crippen molar-refractivity contribution in [3.05, 3.63) is 107 Å². The molecule has 7 nitrogen and oxygen atoms in total. The van der Waals surface area contributed by atoms with E-state index in [9.17, 15) is 46.1 Å². The van der Waals surface area contributed by atoms with Crippen LogP contribution in [0.2, 0.25) is 0 Å². The molecule has 0 aliphatic carbocycles. The molecule has 0 atom stereocenters. The van der Waals surface area contributed by atoms with Crippen LogP contribution in [0.3, 0.4) is 0 Å². The summed E-state index contributed by atoms with van der Waals surface area (Å²) in [6.45, 7) is 10.2. The van der Waals surface area contributed by atoms with Gasteiger partial charge in [-0.2, -0.15) is 26.3 Å². The number of benzene rings is 4. The number of nitrogens with one attached hydrogen (secondary N) is 2. The maximum absolute atomic E-state index is 14.9. The Morgan fingerprint density at radius 2 is 1.02 bits per heavy atom. The minimum absolute atomic E-state index is 0.0531. The van der Waals surface area contributed by atoms with Crippen LogP contribution in [0.4, 0.5) is 37.7 Å².